The molecule has 0 heterocycles. The first-order valence-corrected chi connectivity index (χ1v) is 5.81. The maximum absolute atomic E-state index is 11.5. The molecule has 0 aliphatic heterocycles. The molecule has 0 saturated heterocycles. The molecule has 0 aromatic heterocycles. The first-order valence-electron chi connectivity index (χ1n) is 5.81. The summed E-state index contributed by atoms with van der Waals surface area (Å²) in [5.41, 5.74) is -0.462. The van der Waals surface area contributed by atoms with Crippen molar-refractivity contribution in [3.05, 3.63) is 0 Å². The highest BCUT2D eigenvalue weighted by atomic mass is 16.3. The van der Waals surface area contributed by atoms with Crippen LogP contribution in [0.2, 0.25) is 0 Å². The van der Waals surface area contributed by atoms with Gasteiger partial charge in [0.05, 0.1) is 12.1 Å². The molecule has 0 aromatic carbocycles. The molecule has 0 spiro atoms. The van der Waals surface area contributed by atoms with Crippen molar-refractivity contribution in [1.82, 2.24) is 10.6 Å². The third kappa shape index (κ3) is 5.02. The predicted molar refractivity (Wildman–Crippen MR) is 61.8 cm³/mol. The molecule has 0 aliphatic carbocycles. The lowest BCUT2D eigenvalue weighted by Crippen LogP contribution is -2.53. The molecule has 0 aliphatic rings. The minimum atomic E-state index is -0.462. The molecule has 2 amide bonds. The van der Waals surface area contributed by atoms with E-state index in [-0.39, 0.29) is 12.6 Å². The van der Waals surface area contributed by atoms with Crippen LogP contribution in [-0.2, 0) is 0 Å². The molecule has 0 bridgehead atoms. The number of rotatable bonds is 7. The van der Waals surface area contributed by atoms with Crippen LogP contribution in [0.4, 0.5) is 4.79 Å². The van der Waals surface area contributed by atoms with Crippen LogP contribution < -0.4 is 10.6 Å². The third-order valence-electron chi connectivity index (χ3n) is 2.85. The topological polar surface area (TPSA) is 61.4 Å². The summed E-state index contributed by atoms with van der Waals surface area (Å²) in [4.78, 5) is 11.5. The van der Waals surface area contributed by atoms with E-state index in [2.05, 4.69) is 17.6 Å². The average molecular weight is 216 g/mol. The van der Waals surface area contributed by atoms with Gasteiger partial charge in [-0.1, -0.05) is 27.2 Å². The molecule has 90 valence electrons. The largest absolute Gasteiger partial charge is 0.394 e. The lowest BCUT2D eigenvalue weighted by Gasteiger charge is -2.30. The third-order valence-corrected chi connectivity index (χ3v) is 2.85. The van der Waals surface area contributed by atoms with Crippen LogP contribution >= 0.6 is 0 Å². The van der Waals surface area contributed by atoms with Gasteiger partial charge in [0.2, 0.25) is 0 Å². The number of amides is 2. The summed E-state index contributed by atoms with van der Waals surface area (Å²) >= 11 is 0. The van der Waals surface area contributed by atoms with E-state index in [0.717, 1.165) is 25.7 Å². The van der Waals surface area contributed by atoms with Gasteiger partial charge in [-0.05, 0) is 19.3 Å². The van der Waals surface area contributed by atoms with E-state index >= 15 is 0 Å². The Morgan fingerprint density at radius 2 is 1.87 bits per heavy atom. The van der Waals surface area contributed by atoms with Gasteiger partial charge in [0.1, 0.15) is 0 Å². The quantitative estimate of drug-likeness (QED) is 0.566. The number of nitrogens with one attached hydrogen (secondary N) is 2. The number of hydrogen-bond acceptors (Lipinski definition) is 2. The monoisotopic (exact) mass is 216 g/mol. The molecule has 4 nitrogen and oxygen atoms in total. The molecule has 3 N–H and O–H groups in total. The van der Waals surface area contributed by atoms with E-state index in [1.165, 1.54) is 0 Å². The van der Waals surface area contributed by atoms with Gasteiger partial charge in [0.15, 0.2) is 0 Å². The molecule has 0 fully saturated rings. The van der Waals surface area contributed by atoms with E-state index in [1.807, 2.05) is 13.8 Å². The van der Waals surface area contributed by atoms with Crippen LogP contribution in [0.1, 0.15) is 46.5 Å². The zero-order valence-electron chi connectivity index (χ0n) is 10.1. The molecular weight excluding hydrogens is 192 g/mol. The smallest absolute Gasteiger partial charge is 0.315 e. The maximum Gasteiger partial charge on any atom is 0.315 e. The predicted octanol–water partition coefficient (Wildman–Crippen LogP) is 1.64. The number of unbranched alkanes of at least 4 members (excludes halogenated alkanes) is 1. The first-order chi connectivity index (χ1) is 7.14. The minimum absolute atomic E-state index is 0.0127. The summed E-state index contributed by atoms with van der Waals surface area (Å²) < 4.78 is 0. The number of aliphatic hydroxyl groups is 1. The Balaban J connectivity index is 4.00. The van der Waals surface area contributed by atoms with Gasteiger partial charge in [0, 0.05) is 6.54 Å². The second-order valence-electron chi connectivity index (χ2n) is 3.88. The molecule has 0 unspecified atom stereocenters. The Hall–Kier alpha value is -0.770. The summed E-state index contributed by atoms with van der Waals surface area (Å²) in [5, 5.41) is 14.9. The van der Waals surface area contributed by atoms with Crippen LogP contribution in [-0.4, -0.2) is 29.8 Å². The van der Waals surface area contributed by atoms with Gasteiger partial charge in [-0.15, -0.1) is 0 Å². The van der Waals surface area contributed by atoms with Gasteiger partial charge in [-0.25, -0.2) is 4.79 Å². The van der Waals surface area contributed by atoms with Gasteiger partial charge in [-0.3, -0.25) is 0 Å². The Kier molecular flexibility index (Phi) is 7.13. The summed E-state index contributed by atoms with van der Waals surface area (Å²) in [7, 11) is 0. The molecule has 0 aromatic rings. The molecule has 4 heteroatoms. The zero-order chi connectivity index (χ0) is 11.7. The second-order valence-corrected chi connectivity index (χ2v) is 3.88. The van der Waals surface area contributed by atoms with E-state index in [9.17, 15) is 9.90 Å². The normalized spacial score (nSPS) is 11.2. The van der Waals surface area contributed by atoms with Gasteiger partial charge in [0.25, 0.3) is 0 Å². The van der Waals surface area contributed by atoms with Gasteiger partial charge in [-0.2, -0.15) is 0 Å². The maximum atomic E-state index is 11.5. The number of hydrogen-bond donors (Lipinski definition) is 3. The van der Waals surface area contributed by atoms with Crippen LogP contribution in [0.5, 0.6) is 0 Å². The van der Waals surface area contributed by atoms with Crippen molar-refractivity contribution in [2.24, 2.45) is 0 Å². The summed E-state index contributed by atoms with van der Waals surface area (Å²) in [6.45, 7) is 6.69. The van der Waals surface area contributed by atoms with Crippen molar-refractivity contribution >= 4 is 6.03 Å². The molecule has 0 rings (SSSR count). The van der Waals surface area contributed by atoms with E-state index in [1.54, 1.807) is 0 Å². The zero-order valence-corrected chi connectivity index (χ0v) is 10.1. The summed E-state index contributed by atoms with van der Waals surface area (Å²) in [5.74, 6) is 0. The lowest BCUT2D eigenvalue weighted by atomic mass is 9.94. The number of carbonyl (C=O) groups excluding carboxylic acids is 1. The fourth-order valence-corrected chi connectivity index (χ4v) is 1.35. The second kappa shape index (κ2) is 7.51. The molecule has 0 saturated carbocycles. The summed E-state index contributed by atoms with van der Waals surface area (Å²) in [6, 6.07) is -0.179. The Morgan fingerprint density at radius 3 is 2.27 bits per heavy atom. The van der Waals surface area contributed by atoms with Crippen molar-refractivity contribution < 1.29 is 9.90 Å². The number of carbonyl (C=O) groups is 1. The standard InChI is InChI=1S/C11H24N2O2/c1-4-7-8-12-10(15)13-11(5-2,6-3)9-14/h14H,4-9H2,1-3H3,(H2,12,13,15). The van der Waals surface area contributed by atoms with Crippen LogP contribution in [0.3, 0.4) is 0 Å². The van der Waals surface area contributed by atoms with Crippen molar-refractivity contribution in [1.29, 1.82) is 0 Å². The Bertz CT molecular complexity index is 171. The average Bonchev–Trinajstić information content (AvgIpc) is 2.26. The molecule has 0 atom stereocenters. The molecular formula is C11H24N2O2. The highest BCUT2D eigenvalue weighted by Gasteiger charge is 2.26. The fourth-order valence-electron chi connectivity index (χ4n) is 1.35. The van der Waals surface area contributed by atoms with Gasteiger partial charge >= 0.3 is 6.03 Å². The Morgan fingerprint density at radius 1 is 1.27 bits per heavy atom. The van der Waals surface area contributed by atoms with E-state index in [0.29, 0.717) is 6.54 Å². The van der Waals surface area contributed by atoms with Crippen LogP contribution in [0, 0.1) is 0 Å². The van der Waals surface area contributed by atoms with Crippen molar-refractivity contribution in [2.45, 2.75) is 52.0 Å². The molecule has 0 radical (unpaired) electrons. The van der Waals surface area contributed by atoms with E-state index in [4.69, 9.17) is 0 Å². The van der Waals surface area contributed by atoms with Crippen molar-refractivity contribution in [3.8, 4) is 0 Å². The fraction of sp³-hybridized carbons (Fsp3) is 0.909. The Labute approximate surface area is 92.4 Å². The number of urea groups is 1. The SMILES string of the molecule is CCCCNC(=O)NC(CC)(CC)CO. The number of aliphatic hydroxyl groups excluding tert-OH is 1. The van der Waals surface area contributed by atoms with Gasteiger partial charge < -0.3 is 15.7 Å². The minimum Gasteiger partial charge on any atom is -0.394 e. The lowest BCUT2D eigenvalue weighted by molar-refractivity contribution is 0.152. The van der Waals surface area contributed by atoms with Crippen molar-refractivity contribution in [3.63, 3.8) is 0 Å². The molecule has 15 heavy (non-hydrogen) atoms. The first kappa shape index (κ1) is 14.2. The van der Waals surface area contributed by atoms with Crippen molar-refractivity contribution in [2.75, 3.05) is 13.2 Å². The summed E-state index contributed by atoms with van der Waals surface area (Å²) in [6.07, 6.45) is 3.52. The van der Waals surface area contributed by atoms with Crippen LogP contribution in [0.15, 0.2) is 0 Å². The highest BCUT2D eigenvalue weighted by molar-refractivity contribution is 5.74. The highest BCUT2D eigenvalue weighted by Crippen LogP contribution is 2.13. The van der Waals surface area contributed by atoms with E-state index < -0.39 is 5.54 Å². The van der Waals surface area contributed by atoms with Crippen LogP contribution in [0.25, 0.3) is 0 Å².